The molecule has 1 saturated heterocycles. The van der Waals surface area contributed by atoms with Crippen molar-refractivity contribution >= 4 is 23.0 Å². The molecule has 0 unspecified atom stereocenters. The lowest BCUT2D eigenvalue weighted by Gasteiger charge is -2.19. The van der Waals surface area contributed by atoms with E-state index >= 15 is 0 Å². The Kier molecular flexibility index (Phi) is 4.97. The van der Waals surface area contributed by atoms with Gasteiger partial charge in [0.05, 0.1) is 11.3 Å². The highest BCUT2D eigenvalue weighted by molar-refractivity contribution is 5.93. The summed E-state index contributed by atoms with van der Waals surface area (Å²) in [4.78, 5) is 25.2. The van der Waals surface area contributed by atoms with Gasteiger partial charge in [0.15, 0.2) is 0 Å². The van der Waals surface area contributed by atoms with E-state index in [1.165, 1.54) is 24.6 Å². The van der Waals surface area contributed by atoms with Crippen molar-refractivity contribution in [3.63, 3.8) is 0 Å². The van der Waals surface area contributed by atoms with Gasteiger partial charge in [0.25, 0.3) is 5.69 Å². The minimum atomic E-state index is -0.460. The van der Waals surface area contributed by atoms with Gasteiger partial charge < -0.3 is 10.2 Å². The Bertz CT molecular complexity index is 798. The van der Waals surface area contributed by atoms with E-state index in [4.69, 9.17) is 0 Å². The molecule has 0 radical (unpaired) electrons. The minimum Gasteiger partial charge on any atom is -0.372 e. The van der Waals surface area contributed by atoms with Gasteiger partial charge in [-0.25, -0.2) is 0 Å². The maximum absolute atomic E-state index is 12.3. The summed E-state index contributed by atoms with van der Waals surface area (Å²) in [7, 11) is 0. The van der Waals surface area contributed by atoms with Crippen LogP contribution in [-0.2, 0) is 11.2 Å². The van der Waals surface area contributed by atoms with Crippen molar-refractivity contribution in [2.45, 2.75) is 26.2 Å². The average molecular weight is 339 g/mol. The zero-order valence-electron chi connectivity index (χ0n) is 14.2. The van der Waals surface area contributed by atoms with Crippen LogP contribution in [0.4, 0.5) is 17.1 Å². The van der Waals surface area contributed by atoms with E-state index in [9.17, 15) is 14.9 Å². The Morgan fingerprint density at radius 1 is 1.20 bits per heavy atom. The lowest BCUT2D eigenvalue weighted by atomic mass is 10.1. The van der Waals surface area contributed by atoms with Crippen molar-refractivity contribution in [1.29, 1.82) is 0 Å². The minimum absolute atomic E-state index is 0.0233. The van der Waals surface area contributed by atoms with Crippen molar-refractivity contribution in [3.05, 3.63) is 63.7 Å². The number of nitro groups is 1. The fraction of sp³-hybridized carbons (Fsp3) is 0.316. The van der Waals surface area contributed by atoms with Gasteiger partial charge in [0.2, 0.25) is 5.91 Å². The maximum Gasteiger partial charge on any atom is 0.273 e. The lowest BCUT2D eigenvalue weighted by Crippen LogP contribution is -2.19. The van der Waals surface area contributed by atoms with Crippen molar-refractivity contribution < 1.29 is 9.72 Å². The number of carbonyl (C=O) groups is 1. The average Bonchev–Trinajstić information content (AvgIpc) is 3.11. The second-order valence-electron chi connectivity index (χ2n) is 6.30. The lowest BCUT2D eigenvalue weighted by molar-refractivity contribution is -0.385. The molecular formula is C19H21N3O3. The summed E-state index contributed by atoms with van der Waals surface area (Å²) in [6.45, 7) is 4.10. The molecule has 0 aromatic heterocycles. The van der Waals surface area contributed by atoms with E-state index in [1.54, 1.807) is 18.2 Å². The number of hydrogen-bond donors (Lipinski definition) is 1. The largest absolute Gasteiger partial charge is 0.372 e. The van der Waals surface area contributed by atoms with E-state index in [2.05, 4.69) is 16.3 Å². The number of nitrogens with one attached hydrogen (secondary N) is 1. The van der Waals surface area contributed by atoms with Crippen LogP contribution in [0.15, 0.2) is 42.5 Å². The summed E-state index contributed by atoms with van der Waals surface area (Å²) in [6.07, 6.45) is 2.41. The summed E-state index contributed by atoms with van der Waals surface area (Å²) in [5.74, 6) is -0.258. The van der Waals surface area contributed by atoms with Crippen LogP contribution in [0.25, 0.3) is 0 Å². The van der Waals surface area contributed by atoms with E-state index in [0.717, 1.165) is 24.3 Å². The van der Waals surface area contributed by atoms with Gasteiger partial charge in [0.1, 0.15) is 0 Å². The third-order valence-electron chi connectivity index (χ3n) is 4.49. The molecule has 1 heterocycles. The molecule has 0 spiro atoms. The molecule has 0 atom stereocenters. The van der Waals surface area contributed by atoms with Crippen LogP contribution < -0.4 is 10.2 Å². The zero-order valence-corrected chi connectivity index (χ0v) is 14.2. The number of benzene rings is 2. The van der Waals surface area contributed by atoms with Gasteiger partial charge in [-0.2, -0.15) is 0 Å². The highest BCUT2D eigenvalue weighted by Crippen LogP contribution is 2.26. The number of carbonyl (C=O) groups excluding carboxylic acids is 1. The number of amides is 1. The van der Waals surface area contributed by atoms with Crippen LogP contribution in [0.1, 0.15) is 24.0 Å². The van der Waals surface area contributed by atoms with Gasteiger partial charge in [-0.05, 0) is 43.5 Å². The molecule has 130 valence electrons. The highest BCUT2D eigenvalue weighted by atomic mass is 16.6. The number of nitrogens with zero attached hydrogens (tertiary/aromatic N) is 2. The molecule has 6 nitrogen and oxygen atoms in total. The molecule has 1 N–H and O–H groups in total. The molecule has 1 aliphatic heterocycles. The van der Waals surface area contributed by atoms with E-state index in [0.29, 0.717) is 5.56 Å². The molecule has 1 amide bonds. The standard InChI is InChI=1S/C19H21N3O3/c1-14-12-16(21-10-4-5-11-21)8-9-17(14)20-19(23)13-15-6-2-3-7-18(15)22(24)25/h2-3,6-9,12H,4-5,10-11,13H2,1H3,(H,20,23). The van der Waals surface area contributed by atoms with Crippen molar-refractivity contribution in [3.8, 4) is 0 Å². The van der Waals surface area contributed by atoms with Gasteiger partial charge in [0, 0.05) is 36.1 Å². The normalized spacial score (nSPS) is 13.7. The number of hydrogen-bond acceptors (Lipinski definition) is 4. The molecule has 2 aromatic carbocycles. The molecule has 3 rings (SSSR count). The number of nitro benzene ring substituents is 1. The van der Waals surface area contributed by atoms with Gasteiger partial charge >= 0.3 is 0 Å². The van der Waals surface area contributed by atoms with Crippen LogP contribution >= 0.6 is 0 Å². The second kappa shape index (κ2) is 7.34. The third-order valence-corrected chi connectivity index (χ3v) is 4.49. The molecule has 0 bridgehead atoms. The molecule has 0 saturated carbocycles. The van der Waals surface area contributed by atoms with E-state index in [-0.39, 0.29) is 18.0 Å². The Morgan fingerprint density at radius 3 is 2.60 bits per heavy atom. The Hall–Kier alpha value is -2.89. The van der Waals surface area contributed by atoms with Gasteiger partial charge in [-0.15, -0.1) is 0 Å². The summed E-state index contributed by atoms with van der Waals surface area (Å²) in [5.41, 5.74) is 3.29. The Balaban J connectivity index is 1.70. The fourth-order valence-electron chi connectivity index (χ4n) is 3.17. The van der Waals surface area contributed by atoms with E-state index in [1.807, 2.05) is 19.1 Å². The van der Waals surface area contributed by atoms with Crippen molar-refractivity contribution in [2.75, 3.05) is 23.3 Å². The summed E-state index contributed by atoms with van der Waals surface area (Å²) < 4.78 is 0. The Labute approximate surface area is 146 Å². The predicted molar refractivity (Wildman–Crippen MR) is 98.1 cm³/mol. The van der Waals surface area contributed by atoms with Crippen LogP contribution in [0.5, 0.6) is 0 Å². The van der Waals surface area contributed by atoms with E-state index < -0.39 is 4.92 Å². The highest BCUT2D eigenvalue weighted by Gasteiger charge is 2.17. The number of para-hydroxylation sites is 1. The predicted octanol–water partition coefficient (Wildman–Crippen LogP) is 3.68. The van der Waals surface area contributed by atoms with Gasteiger partial charge in [-0.3, -0.25) is 14.9 Å². The van der Waals surface area contributed by atoms with Crippen LogP contribution in [0, 0.1) is 17.0 Å². The van der Waals surface area contributed by atoms with Gasteiger partial charge in [-0.1, -0.05) is 18.2 Å². The third kappa shape index (κ3) is 3.96. The second-order valence-corrected chi connectivity index (χ2v) is 6.30. The molecular weight excluding hydrogens is 318 g/mol. The molecule has 25 heavy (non-hydrogen) atoms. The maximum atomic E-state index is 12.3. The molecule has 1 fully saturated rings. The molecule has 2 aromatic rings. The van der Waals surface area contributed by atoms with Crippen LogP contribution in [0.2, 0.25) is 0 Å². The van der Waals surface area contributed by atoms with Crippen LogP contribution in [0.3, 0.4) is 0 Å². The number of aryl methyl sites for hydroxylation is 1. The summed E-state index contributed by atoms with van der Waals surface area (Å²) >= 11 is 0. The monoisotopic (exact) mass is 339 g/mol. The topological polar surface area (TPSA) is 75.5 Å². The first-order valence-electron chi connectivity index (χ1n) is 8.42. The zero-order chi connectivity index (χ0) is 17.8. The Morgan fingerprint density at radius 2 is 1.92 bits per heavy atom. The molecule has 1 aliphatic rings. The number of rotatable bonds is 5. The van der Waals surface area contributed by atoms with Crippen molar-refractivity contribution in [2.24, 2.45) is 0 Å². The SMILES string of the molecule is Cc1cc(N2CCCC2)ccc1NC(=O)Cc1ccccc1[N+](=O)[O-]. The van der Waals surface area contributed by atoms with Crippen molar-refractivity contribution in [1.82, 2.24) is 0 Å². The number of anilines is 2. The summed E-state index contributed by atoms with van der Waals surface area (Å²) in [6, 6.07) is 12.3. The molecule has 0 aliphatic carbocycles. The molecule has 6 heteroatoms. The van der Waals surface area contributed by atoms with Crippen LogP contribution in [-0.4, -0.2) is 23.9 Å². The first kappa shape index (κ1) is 17.0. The summed E-state index contributed by atoms with van der Waals surface area (Å²) in [5, 5.41) is 13.9. The smallest absolute Gasteiger partial charge is 0.273 e. The quantitative estimate of drug-likeness (QED) is 0.666. The first-order valence-corrected chi connectivity index (χ1v) is 8.42. The first-order chi connectivity index (χ1) is 12.0. The fourth-order valence-corrected chi connectivity index (χ4v) is 3.17.